The monoisotopic (exact) mass is 311 g/mol. The van der Waals surface area contributed by atoms with Crippen LogP contribution in [0.15, 0.2) is 10.7 Å². The summed E-state index contributed by atoms with van der Waals surface area (Å²) < 4.78 is 15.7. The van der Waals surface area contributed by atoms with Gasteiger partial charge in [-0.05, 0) is 13.3 Å². The van der Waals surface area contributed by atoms with Crippen LogP contribution in [0.25, 0.3) is 0 Å². The van der Waals surface area contributed by atoms with Gasteiger partial charge in [-0.25, -0.2) is 0 Å². The summed E-state index contributed by atoms with van der Waals surface area (Å²) in [5, 5.41) is 8.86. The van der Waals surface area contributed by atoms with Gasteiger partial charge in [0.15, 0.2) is 0 Å². The number of ether oxygens (including phenoxy) is 2. The fraction of sp³-hybridized carbons (Fsp3) is 0.600. The minimum atomic E-state index is -1.02. The lowest BCUT2D eigenvalue weighted by Crippen LogP contribution is -2.55. The minimum absolute atomic E-state index is 0.0379. The van der Waals surface area contributed by atoms with Gasteiger partial charge in [-0.1, -0.05) is 0 Å². The Morgan fingerprint density at radius 1 is 1.41 bits per heavy atom. The highest BCUT2D eigenvalue weighted by Gasteiger charge is 2.34. The maximum atomic E-state index is 12.4. The second kappa shape index (κ2) is 7.42. The first-order chi connectivity index (χ1) is 10.5. The summed E-state index contributed by atoms with van der Waals surface area (Å²) in [6, 6.07) is 0. The van der Waals surface area contributed by atoms with Crippen molar-refractivity contribution in [1.29, 1.82) is 0 Å². The highest BCUT2D eigenvalue weighted by Crippen LogP contribution is 2.23. The van der Waals surface area contributed by atoms with Crippen LogP contribution in [0, 0.1) is 6.92 Å². The largest absolute Gasteiger partial charge is 0.481 e. The molecule has 0 atom stereocenters. The van der Waals surface area contributed by atoms with Crippen LogP contribution in [0.3, 0.4) is 0 Å². The Balaban J connectivity index is 1.86. The molecule has 2 heterocycles. The zero-order chi connectivity index (χ0) is 16.1. The number of likely N-dealkylation sites (tertiary alicyclic amines) is 1. The number of carboxylic acid groups (broad SMARTS) is 1. The van der Waals surface area contributed by atoms with Gasteiger partial charge in [-0.2, -0.15) is 0 Å². The predicted molar refractivity (Wildman–Crippen MR) is 76.9 cm³/mol. The van der Waals surface area contributed by atoms with Crippen molar-refractivity contribution >= 4 is 11.9 Å². The fourth-order valence-corrected chi connectivity index (χ4v) is 2.37. The molecule has 0 unspecified atom stereocenters. The molecule has 1 aromatic rings. The molecule has 7 heteroatoms. The van der Waals surface area contributed by atoms with Crippen molar-refractivity contribution < 1.29 is 28.6 Å². The summed E-state index contributed by atoms with van der Waals surface area (Å²) in [5.74, 6) is -1.01. The van der Waals surface area contributed by atoms with Crippen LogP contribution in [0.1, 0.15) is 28.1 Å². The maximum absolute atomic E-state index is 12.4. The van der Waals surface area contributed by atoms with Gasteiger partial charge in [0.25, 0.3) is 5.91 Å². The number of hydrogen-bond acceptors (Lipinski definition) is 5. The van der Waals surface area contributed by atoms with Crippen LogP contribution in [0.2, 0.25) is 0 Å². The molecule has 0 spiro atoms. The van der Waals surface area contributed by atoms with E-state index in [0.717, 1.165) is 6.42 Å². The molecule has 0 aliphatic carbocycles. The Labute approximate surface area is 128 Å². The van der Waals surface area contributed by atoms with Crippen LogP contribution in [-0.2, 0) is 20.7 Å². The second-order valence-corrected chi connectivity index (χ2v) is 5.34. The van der Waals surface area contributed by atoms with Gasteiger partial charge in [0.1, 0.15) is 12.2 Å². The molecule has 0 bridgehead atoms. The van der Waals surface area contributed by atoms with E-state index in [-0.39, 0.29) is 24.2 Å². The lowest BCUT2D eigenvalue weighted by atomic mass is 10.0. The SMILES string of the molecule is COCCCOC1CN(C(=O)c2c(C)coc2CC(=O)O)C1. The Hall–Kier alpha value is -1.86. The van der Waals surface area contributed by atoms with Crippen LogP contribution < -0.4 is 0 Å². The molecule has 0 aromatic carbocycles. The summed E-state index contributed by atoms with van der Waals surface area (Å²) >= 11 is 0. The topological polar surface area (TPSA) is 89.2 Å². The molecule has 122 valence electrons. The van der Waals surface area contributed by atoms with E-state index >= 15 is 0 Å². The minimum Gasteiger partial charge on any atom is -0.481 e. The summed E-state index contributed by atoms with van der Waals surface area (Å²) in [6.07, 6.45) is 1.99. The highest BCUT2D eigenvalue weighted by molar-refractivity contribution is 5.98. The number of aryl methyl sites for hydroxylation is 1. The van der Waals surface area contributed by atoms with Crippen LogP contribution in [-0.4, -0.2) is 61.4 Å². The van der Waals surface area contributed by atoms with Crippen LogP contribution >= 0.6 is 0 Å². The molecule has 7 nitrogen and oxygen atoms in total. The van der Waals surface area contributed by atoms with E-state index in [9.17, 15) is 9.59 Å². The number of carbonyl (C=O) groups excluding carboxylic acids is 1. The summed E-state index contributed by atoms with van der Waals surface area (Å²) in [6.45, 7) is 4.03. The summed E-state index contributed by atoms with van der Waals surface area (Å²) in [7, 11) is 1.64. The molecular formula is C15H21NO6. The van der Waals surface area contributed by atoms with E-state index in [0.29, 0.717) is 37.4 Å². The fourth-order valence-electron chi connectivity index (χ4n) is 2.37. The zero-order valence-corrected chi connectivity index (χ0v) is 12.8. The molecule has 1 amide bonds. The van der Waals surface area contributed by atoms with Crippen LogP contribution in [0.5, 0.6) is 0 Å². The normalized spacial score (nSPS) is 14.9. The molecule has 0 saturated carbocycles. The number of carboxylic acids is 1. The standard InChI is InChI=1S/C15H21NO6/c1-10-9-22-12(6-13(17)18)14(10)15(19)16-7-11(8-16)21-5-3-4-20-2/h9,11H,3-8H2,1-2H3,(H,17,18). The number of amides is 1. The summed E-state index contributed by atoms with van der Waals surface area (Å²) in [4.78, 5) is 24.9. The molecular weight excluding hydrogens is 290 g/mol. The summed E-state index contributed by atoms with van der Waals surface area (Å²) in [5.41, 5.74) is 1.02. The van der Waals surface area contributed by atoms with E-state index in [1.54, 1.807) is 18.9 Å². The van der Waals surface area contributed by atoms with Gasteiger partial charge in [0.2, 0.25) is 0 Å². The number of carbonyl (C=O) groups is 2. The number of aliphatic carboxylic acids is 1. The molecule has 1 fully saturated rings. The van der Waals surface area contributed by atoms with Crippen molar-refractivity contribution in [3.05, 3.63) is 23.2 Å². The van der Waals surface area contributed by atoms with Gasteiger partial charge in [-0.15, -0.1) is 0 Å². The first-order valence-electron chi connectivity index (χ1n) is 7.21. The average molecular weight is 311 g/mol. The Morgan fingerprint density at radius 2 is 2.14 bits per heavy atom. The van der Waals surface area contributed by atoms with E-state index in [1.165, 1.54) is 6.26 Å². The molecule has 22 heavy (non-hydrogen) atoms. The molecule has 1 aromatic heterocycles. The van der Waals surface area contributed by atoms with Crippen molar-refractivity contribution in [2.45, 2.75) is 25.9 Å². The average Bonchev–Trinajstić information content (AvgIpc) is 2.76. The number of furan rings is 1. The Bertz CT molecular complexity index is 532. The predicted octanol–water partition coefficient (Wildman–Crippen LogP) is 1.09. The second-order valence-electron chi connectivity index (χ2n) is 5.34. The number of rotatable bonds is 8. The van der Waals surface area contributed by atoms with E-state index in [1.807, 2.05) is 0 Å². The van der Waals surface area contributed by atoms with Crippen molar-refractivity contribution in [3.8, 4) is 0 Å². The van der Waals surface area contributed by atoms with Gasteiger partial charge in [0, 0.05) is 39.0 Å². The van der Waals surface area contributed by atoms with E-state index in [2.05, 4.69) is 0 Å². The van der Waals surface area contributed by atoms with Crippen molar-refractivity contribution in [1.82, 2.24) is 4.90 Å². The van der Waals surface area contributed by atoms with Crippen molar-refractivity contribution in [2.75, 3.05) is 33.4 Å². The highest BCUT2D eigenvalue weighted by atomic mass is 16.5. The van der Waals surface area contributed by atoms with Crippen LogP contribution in [0.4, 0.5) is 0 Å². The van der Waals surface area contributed by atoms with Gasteiger partial charge >= 0.3 is 5.97 Å². The third-order valence-corrected chi connectivity index (χ3v) is 3.56. The number of nitrogens with zero attached hydrogens (tertiary/aromatic N) is 1. The van der Waals surface area contributed by atoms with E-state index in [4.69, 9.17) is 19.0 Å². The Morgan fingerprint density at radius 3 is 2.77 bits per heavy atom. The smallest absolute Gasteiger partial charge is 0.311 e. The van der Waals surface area contributed by atoms with Gasteiger partial charge in [-0.3, -0.25) is 9.59 Å². The molecule has 1 aliphatic heterocycles. The maximum Gasteiger partial charge on any atom is 0.311 e. The third-order valence-electron chi connectivity index (χ3n) is 3.56. The van der Waals surface area contributed by atoms with Gasteiger partial charge < -0.3 is 23.9 Å². The first-order valence-corrected chi connectivity index (χ1v) is 7.21. The van der Waals surface area contributed by atoms with Gasteiger partial charge in [0.05, 0.1) is 17.9 Å². The molecule has 1 saturated heterocycles. The van der Waals surface area contributed by atoms with Crippen molar-refractivity contribution in [3.63, 3.8) is 0 Å². The Kier molecular flexibility index (Phi) is 5.57. The number of hydrogen-bond donors (Lipinski definition) is 1. The lowest BCUT2D eigenvalue weighted by molar-refractivity contribution is -0.136. The molecule has 1 aliphatic rings. The zero-order valence-electron chi connectivity index (χ0n) is 12.8. The third kappa shape index (κ3) is 3.86. The molecule has 2 rings (SSSR count). The quantitative estimate of drug-likeness (QED) is 0.723. The van der Waals surface area contributed by atoms with Crippen molar-refractivity contribution in [2.24, 2.45) is 0 Å². The number of methoxy groups -OCH3 is 1. The molecule has 0 radical (unpaired) electrons. The first kappa shape index (κ1) is 16.5. The lowest BCUT2D eigenvalue weighted by Gasteiger charge is -2.39. The van der Waals surface area contributed by atoms with E-state index < -0.39 is 5.97 Å². The molecule has 1 N–H and O–H groups in total.